The average Bonchev–Trinajstić information content (AvgIpc) is 2.75. The van der Waals surface area contributed by atoms with E-state index in [0.717, 1.165) is 0 Å². The van der Waals surface area contributed by atoms with E-state index < -0.39 is 0 Å². The zero-order valence-electron chi connectivity index (χ0n) is 18.9. The summed E-state index contributed by atoms with van der Waals surface area (Å²) in [5.74, 6) is 0. The highest BCUT2D eigenvalue weighted by molar-refractivity contribution is 7.99. The van der Waals surface area contributed by atoms with Crippen LogP contribution in [0.2, 0.25) is 0 Å². The van der Waals surface area contributed by atoms with E-state index in [2.05, 4.69) is 62.4 Å². The minimum absolute atomic E-state index is 1.24. The van der Waals surface area contributed by atoms with Gasteiger partial charge in [0.25, 0.3) is 0 Å². The minimum Gasteiger partial charge on any atom is -0.0898 e. The molecule has 0 aliphatic heterocycles. The lowest BCUT2D eigenvalue weighted by Gasteiger charge is -2.15. The van der Waals surface area contributed by atoms with Gasteiger partial charge in [-0.25, -0.2) is 0 Å². The predicted molar refractivity (Wildman–Crippen MR) is 131 cm³/mol. The Hall–Kier alpha value is -1.21. The Morgan fingerprint density at radius 2 is 1.14 bits per heavy atom. The van der Waals surface area contributed by atoms with Gasteiger partial charge in [0.1, 0.15) is 0 Å². The van der Waals surface area contributed by atoms with Crippen LogP contribution >= 0.6 is 11.8 Å². The van der Waals surface area contributed by atoms with E-state index >= 15 is 0 Å². The number of aryl methyl sites for hydroxylation is 1. The summed E-state index contributed by atoms with van der Waals surface area (Å²) in [6.07, 6.45) is 19.0. The highest BCUT2D eigenvalue weighted by Gasteiger charge is 2.10. The van der Waals surface area contributed by atoms with Gasteiger partial charge in [-0.3, -0.25) is 0 Å². The third kappa shape index (κ3) is 9.90. The first kappa shape index (κ1) is 24.1. The zero-order chi connectivity index (χ0) is 20.6. The summed E-state index contributed by atoms with van der Waals surface area (Å²) in [6, 6.07) is 17.9. The minimum atomic E-state index is 1.24. The molecule has 0 saturated carbocycles. The van der Waals surface area contributed by atoms with Crippen molar-refractivity contribution >= 4 is 11.8 Å². The molecular weight excluding hydrogens is 368 g/mol. The number of unbranched alkanes of at least 4 members (excludes halogenated alkanes) is 10. The summed E-state index contributed by atoms with van der Waals surface area (Å²) < 4.78 is 0. The van der Waals surface area contributed by atoms with Gasteiger partial charge in [0.05, 0.1) is 0 Å². The summed E-state index contributed by atoms with van der Waals surface area (Å²) in [5.41, 5.74) is 3.24. The fraction of sp³-hybridized carbons (Fsp3) is 0.571. The van der Waals surface area contributed by atoms with Crippen molar-refractivity contribution < 1.29 is 0 Å². The maximum absolute atomic E-state index is 2.40. The van der Waals surface area contributed by atoms with E-state index in [1.54, 1.807) is 11.1 Å². The van der Waals surface area contributed by atoms with Gasteiger partial charge >= 0.3 is 0 Å². The van der Waals surface area contributed by atoms with E-state index in [1.165, 1.54) is 99.7 Å². The molecule has 0 aliphatic carbocycles. The molecule has 0 N–H and O–H groups in total. The van der Waals surface area contributed by atoms with Gasteiger partial charge in [-0.1, -0.05) is 120 Å². The van der Waals surface area contributed by atoms with Crippen molar-refractivity contribution in [2.75, 3.05) is 0 Å². The lowest BCUT2D eigenvalue weighted by atomic mass is 9.96. The SMILES string of the molecule is CCCCCCCCc1cccc(Sc2ccccc2)c1CCCCCCCC. The molecule has 0 aliphatic rings. The molecule has 0 heterocycles. The fourth-order valence-electron chi connectivity index (χ4n) is 4.02. The molecule has 0 saturated heterocycles. The third-order valence-electron chi connectivity index (χ3n) is 5.78. The second-order valence-corrected chi connectivity index (χ2v) is 9.46. The molecule has 0 spiro atoms. The monoisotopic (exact) mass is 410 g/mol. The normalized spacial score (nSPS) is 11.1. The number of rotatable bonds is 16. The summed E-state index contributed by atoms with van der Waals surface area (Å²) >= 11 is 1.95. The average molecular weight is 411 g/mol. The molecule has 2 aromatic rings. The van der Waals surface area contributed by atoms with Crippen LogP contribution in [0.3, 0.4) is 0 Å². The maximum Gasteiger partial charge on any atom is 0.0157 e. The van der Waals surface area contributed by atoms with E-state index in [4.69, 9.17) is 0 Å². The first-order valence-electron chi connectivity index (χ1n) is 12.2. The summed E-state index contributed by atoms with van der Waals surface area (Å²) in [5, 5.41) is 0. The standard InChI is InChI=1S/C28H42S/c1-3-5-7-9-11-14-19-25-20-18-24-28(29-26-21-15-13-16-22-26)27(25)23-17-12-10-8-6-4-2/h13,15-16,18,20-22,24H,3-12,14,17,19,23H2,1-2H3. The Balaban J connectivity index is 1.98. The van der Waals surface area contributed by atoms with Crippen molar-refractivity contribution in [2.24, 2.45) is 0 Å². The van der Waals surface area contributed by atoms with Gasteiger partial charge in [-0.05, 0) is 55.0 Å². The third-order valence-corrected chi connectivity index (χ3v) is 6.89. The Kier molecular flexibility index (Phi) is 12.9. The van der Waals surface area contributed by atoms with Crippen LogP contribution in [0.4, 0.5) is 0 Å². The van der Waals surface area contributed by atoms with Gasteiger partial charge in [0, 0.05) is 9.79 Å². The van der Waals surface area contributed by atoms with Gasteiger partial charge < -0.3 is 0 Å². The van der Waals surface area contributed by atoms with Crippen LogP contribution in [0.15, 0.2) is 58.3 Å². The predicted octanol–water partition coefficient (Wildman–Crippen LogP) is 9.64. The van der Waals surface area contributed by atoms with E-state index in [-0.39, 0.29) is 0 Å². The molecule has 0 amide bonds. The molecule has 0 fully saturated rings. The Morgan fingerprint density at radius 1 is 0.552 bits per heavy atom. The van der Waals surface area contributed by atoms with Crippen LogP contribution in [0, 0.1) is 0 Å². The molecule has 2 aromatic carbocycles. The molecule has 0 nitrogen and oxygen atoms in total. The van der Waals surface area contributed by atoms with Crippen molar-refractivity contribution in [1.29, 1.82) is 0 Å². The van der Waals surface area contributed by atoms with Gasteiger partial charge in [-0.2, -0.15) is 0 Å². The van der Waals surface area contributed by atoms with Crippen LogP contribution in [0.1, 0.15) is 102 Å². The van der Waals surface area contributed by atoms with Gasteiger partial charge in [0.2, 0.25) is 0 Å². The van der Waals surface area contributed by atoms with Crippen molar-refractivity contribution in [3.05, 3.63) is 59.7 Å². The Bertz CT molecular complexity index is 647. The highest BCUT2D eigenvalue weighted by atomic mass is 32.2. The van der Waals surface area contributed by atoms with Gasteiger partial charge in [-0.15, -0.1) is 0 Å². The first-order chi connectivity index (χ1) is 14.3. The molecule has 0 atom stereocenters. The number of hydrogen-bond acceptors (Lipinski definition) is 1. The molecule has 160 valence electrons. The summed E-state index contributed by atoms with van der Waals surface area (Å²) in [6.45, 7) is 4.59. The second-order valence-electron chi connectivity index (χ2n) is 8.34. The van der Waals surface area contributed by atoms with Crippen molar-refractivity contribution in [1.82, 2.24) is 0 Å². The summed E-state index contributed by atoms with van der Waals surface area (Å²) in [4.78, 5) is 2.83. The lowest BCUT2D eigenvalue weighted by Crippen LogP contribution is -1.98. The number of benzene rings is 2. The number of hydrogen-bond donors (Lipinski definition) is 0. The quantitative estimate of drug-likeness (QED) is 0.248. The summed E-state index contributed by atoms with van der Waals surface area (Å²) in [7, 11) is 0. The smallest absolute Gasteiger partial charge is 0.0157 e. The highest BCUT2D eigenvalue weighted by Crippen LogP contribution is 2.33. The zero-order valence-corrected chi connectivity index (χ0v) is 19.7. The van der Waals surface area contributed by atoms with Crippen LogP contribution in [-0.2, 0) is 12.8 Å². The topological polar surface area (TPSA) is 0 Å². The van der Waals surface area contributed by atoms with Crippen LogP contribution in [-0.4, -0.2) is 0 Å². The van der Waals surface area contributed by atoms with E-state index in [1.807, 2.05) is 11.8 Å². The van der Waals surface area contributed by atoms with Crippen molar-refractivity contribution in [3.8, 4) is 0 Å². The molecule has 29 heavy (non-hydrogen) atoms. The molecule has 2 rings (SSSR count). The van der Waals surface area contributed by atoms with Crippen LogP contribution in [0.5, 0.6) is 0 Å². The van der Waals surface area contributed by atoms with Gasteiger partial charge in [0.15, 0.2) is 0 Å². The Labute approximate surface area is 184 Å². The molecular formula is C28H42S. The van der Waals surface area contributed by atoms with Crippen LogP contribution < -0.4 is 0 Å². The van der Waals surface area contributed by atoms with E-state index in [9.17, 15) is 0 Å². The molecule has 0 aromatic heterocycles. The van der Waals surface area contributed by atoms with Crippen molar-refractivity contribution in [3.63, 3.8) is 0 Å². The second kappa shape index (κ2) is 15.6. The van der Waals surface area contributed by atoms with Crippen molar-refractivity contribution in [2.45, 2.75) is 114 Å². The van der Waals surface area contributed by atoms with E-state index in [0.29, 0.717) is 0 Å². The largest absolute Gasteiger partial charge is 0.0898 e. The molecule has 1 heteroatoms. The maximum atomic E-state index is 2.40. The molecule has 0 radical (unpaired) electrons. The Morgan fingerprint density at radius 3 is 1.79 bits per heavy atom. The lowest BCUT2D eigenvalue weighted by molar-refractivity contribution is 0.597. The first-order valence-corrected chi connectivity index (χ1v) is 13.0. The van der Waals surface area contributed by atoms with Crippen LogP contribution in [0.25, 0.3) is 0 Å². The molecule has 0 bridgehead atoms. The molecule has 0 unspecified atom stereocenters. The fourth-order valence-corrected chi connectivity index (χ4v) is 5.07.